The largest absolute Gasteiger partial charge is 0.271 e. The summed E-state index contributed by atoms with van der Waals surface area (Å²) in [5.41, 5.74) is 1.52. The molecular formula is C14H11ClN4OS2. The fourth-order valence-electron chi connectivity index (χ4n) is 1.99. The number of halogens is 1. The second-order valence-electron chi connectivity index (χ2n) is 4.45. The molecule has 2 aromatic rings. The molecule has 1 aliphatic rings. The molecule has 0 bridgehead atoms. The molecular weight excluding hydrogens is 340 g/mol. The SMILES string of the molecule is O=C1C(=Cc2cnn(CCCl)c2)SC(=S)N1c1cccnc1. The van der Waals surface area contributed by atoms with Crippen molar-refractivity contribution in [2.75, 3.05) is 10.8 Å². The van der Waals surface area contributed by atoms with Crippen LogP contribution in [-0.2, 0) is 11.3 Å². The maximum Gasteiger partial charge on any atom is 0.270 e. The summed E-state index contributed by atoms with van der Waals surface area (Å²) >= 11 is 12.3. The molecule has 1 aliphatic heterocycles. The number of amides is 1. The summed E-state index contributed by atoms with van der Waals surface area (Å²) in [6.45, 7) is 0.631. The van der Waals surface area contributed by atoms with Crippen LogP contribution in [0.15, 0.2) is 41.8 Å². The number of carbonyl (C=O) groups is 1. The van der Waals surface area contributed by atoms with E-state index in [9.17, 15) is 4.79 Å². The van der Waals surface area contributed by atoms with Gasteiger partial charge in [0.25, 0.3) is 5.91 Å². The van der Waals surface area contributed by atoms with Crippen LogP contribution in [0.2, 0.25) is 0 Å². The number of pyridine rings is 1. The van der Waals surface area contributed by atoms with Crippen molar-refractivity contribution in [3.63, 3.8) is 0 Å². The Morgan fingerprint density at radius 2 is 2.27 bits per heavy atom. The van der Waals surface area contributed by atoms with Crippen LogP contribution in [0.1, 0.15) is 5.56 Å². The van der Waals surface area contributed by atoms with Gasteiger partial charge in [-0.25, -0.2) is 0 Å². The van der Waals surface area contributed by atoms with Crippen LogP contribution in [0, 0.1) is 0 Å². The number of alkyl halides is 1. The molecule has 0 N–H and O–H groups in total. The number of hydrogen-bond acceptors (Lipinski definition) is 5. The minimum absolute atomic E-state index is 0.145. The maximum atomic E-state index is 12.5. The average Bonchev–Trinajstić information content (AvgIpc) is 3.06. The molecule has 8 heteroatoms. The van der Waals surface area contributed by atoms with Gasteiger partial charge in [0.1, 0.15) is 0 Å². The topological polar surface area (TPSA) is 51.0 Å². The lowest BCUT2D eigenvalue weighted by atomic mass is 10.3. The number of anilines is 1. The predicted molar refractivity (Wildman–Crippen MR) is 92.8 cm³/mol. The molecule has 22 heavy (non-hydrogen) atoms. The molecule has 0 atom stereocenters. The van der Waals surface area contributed by atoms with Crippen LogP contribution in [0.4, 0.5) is 5.69 Å². The van der Waals surface area contributed by atoms with Gasteiger partial charge < -0.3 is 0 Å². The lowest BCUT2D eigenvalue weighted by Gasteiger charge is -2.13. The molecule has 112 valence electrons. The zero-order valence-corrected chi connectivity index (χ0v) is 13.7. The molecule has 0 spiro atoms. The highest BCUT2D eigenvalue weighted by atomic mass is 35.5. The Balaban J connectivity index is 1.85. The Hall–Kier alpha value is -1.70. The van der Waals surface area contributed by atoms with Gasteiger partial charge in [0.05, 0.1) is 29.5 Å². The number of carbonyl (C=O) groups excluding carboxylic acids is 1. The molecule has 0 aliphatic carbocycles. The highest BCUT2D eigenvalue weighted by Gasteiger charge is 2.33. The third-order valence-electron chi connectivity index (χ3n) is 2.96. The van der Waals surface area contributed by atoms with Crippen molar-refractivity contribution in [2.45, 2.75) is 6.54 Å². The third-order valence-corrected chi connectivity index (χ3v) is 4.43. The Bertz CT molecular complexity index is 744. The summed E-state index contributed by atoms with van der Waals surface area (Å²) in [5, 5.41) is 4.18. The van der Waals surface area contributed by atoms with Crippen LogP contribution >= 0.6 is 35.6 Å². The molecule has 0 aromatic carbocycles. The summed E-state index contributed by atoms with van der Waals surface area (Å²) in [4.78, 5) is 18.6. The van der Waals surface area contributed by atoms with E-state index >= 15 is 0 Å². The van der Waals surface area contributed by atoms with Crippen LogP contribution in [-0.4, -0.2) is 30.9 Å². The van der Waals surface area contributed by atoms with Gasteiger partial charge in [0, 0.05) is 23.8 Å². The second-order valence-corrected chi connectivity index (χ2v) is 6.51. The van der Waals surface area contributed by atoms with Gasteiger partial charge in [0.2, 0.25) is 0 Å². The van der Waals surface area contributed by atoms with E-state index in [1.54, 1.807) is 41.5 Å². The normalized spacial score (nSPS) is 16.8. The van der Waals surface area contributed by atoms with Crippen LogP contribution in [0.25, 0.3) is 6.08 Å². The van der Waals surface area contributed by atoms with Crippen molar-refractivity contribution in [1.82, 2.24) is 14.8 Å². The predicted octanol–water partition coefficient (Wildman–Crippen LogP) is 2.92. The van der Waals surface area contributed by atoms with E-state index in [-0.39, 0.29) is 5.91 Å². The van der Waals surface area contributed by atoms with E-state index in [4.69, 9.17) is 23.8 Å². The van der Waals surface area contributed by atoms with Crippen molar-refractivity contribution in [3.05, 3.63) is 47.4 Å². The lowest BCUT2D eigenvalue weighted by molar-refractivity contribution is -0.113. The monoisotopic (exact) mass is 350 g/mol. The summed E-state index contributed by atoms with van der Waals surface area (Å²) in [7, 11) is 0. The van der Waals surface area contributed by atoms with Crippen LogP contribution in [0.5, 0.6) is 0 Å². The van der Waals surface area contributed by atoms with Crippen molar-refractivity contribution >= 4 is 57.6 Å². The summed E-state index contributed by atoms with van der Waals surface area (Å²) in [6, 6.07) is 3.58. The molecule has 1 saturated heterocycles. The van der Waals surface area contributed by atoms with Crippen molar-refractivity contribution in [1.29, 1.82) is 0 Å². The quantitative estimate of drug-likeness (QED) is 0.482. The molecule has 1 fully saturated rings. The van der Waals surface area contributed by atoms with Gasteiger partial charge >= 0.3 is 0 Å². The average molecular weight is 351 g/mol. The molecule has 2 aromatic heterocycles. The van der Waals surface area contributed by atoms with Gasteiger partial charge in [-0.3, -0.25) is 19.4 Å². The zero-order valence-electron chi connectivity index (χ0n) is 11.3. The van der Waals surface area contributed by atoms with E-state index in [0.717, 1.165) is 5.56 Å². The molecule has 0 saturated carbocycles. The van der Waals surface area contributed by atoms with Crippen LogP contribution in [0.3, 0.4) is 0 Å². The Labute approximate surface area is 142 Å². The number of rotatable bonds is 4. The van der Waals surface area contributed by atoms with Gasteiger partial charge in [-0.05, 0) is 18.2 Å². The first-order valence-corrected chi connectivity index (χ1v) is 8.21. The first-order chi connectivity index (χ1) is 10.7. The number of aromatic nitrogens is 3. The molecule has 5 nitrogen and oxygen atoms in total. The minimum Gasteiger partial charge on any atom is -0.271 e. The standard InChI is InChI=1S/C14H11ClN4OS2/c15-3-5-18-9-10(7-17-18)6-12-13(20)19(14(21)22-12)11-2-1-4-16-8-11/h1-2,4,6-9H,3,5H2. The first kappa shape index (κ1) is 15.2. The zero-order chi connectivity index (χ0) is 15.5. The van der Waals surface area contributed by atoms with Gasteiger partial charge in [-0.15, -0.1) is 11.6 Å². The number of thiocarbonyl (C=S) groups is 1. The Kier molecular flexibility index (Phi) is 4.56. The van der Waals surface area contributed by atoms with Crippen molar-refractivity contribution in [2.24, 2.45) is 0 Å². The number of nitrogens with zero attached hydrogens (tertiary/aromatic N) is 4. The van der Waals surface area contributed by atoms with Crippen LogP contribution < -0.4 is 4.90 Å². The lowest BCUT2D eigenvalue weighted by Crippen LogP contribution is -2.27. The van der Waals surface area contributed by atoms with Crippen molar-refractivity contribution < 1.29 is 4.79 Å². The van der Waals surface area contributed by atoms with E-state index in [0.29, 0.717) is 27.3 Å². The number of aryl methyl sites for hydroxylation is 1. The fraction of sp³-hybridized carbons (Fsp3) is 0.143. The Morgan fingerprint density at radius 1 is 1.41 bits per heavy atom. The third kappa shape index (κ3) is 3.06. The highest BCUT2D eigenvalue weighted by molar-refractivity contribution is 8.27. The molecule has 0 radical (unpaired) electrons. The first-order valence-electron chi connectivity index (χ1n) is 6.45. The Morgan fingerprint density at radius 3 is 3.00 bits per heavy atom. The highest BCUT2D eigenvalue weighted by Crippen LogP contribution is 2.35. The fourth-order valence-corrected chi connectivity index (χ4v) is 3.46. The molecule has 1 amide bonds. The molecule has 3 heterocycles. The summed E-state index contributed by atoms with van der Waals surface area (Å²) < 4.78 is 2.23. The molecule has 3 rings (SSSR count). The molecule has 0 unspecified atom stereocenters. The smallest absolute Gasteiger partial charge is 0.270 e. The van der Waals surface area contributed by atoms with E-state index in [1.165, 1.54) is 16.7 Å². The van der Waals surface area contributed by atoms with Gasteiger partial charge in [-0.1, -0.05) is 24.0 Å². The number of thioether (sulfide) groups is 1. The van der Waals surface area contributed by atoms with E-state index < -0.39 is 0 Å². The van der Waals surface area contributed by atoms with E-state index in [2.05, 4.69) is 10.1 Å². The summed E-state index contributed by atoms with van der Waals surface area (Å²) in [5.74, 6) is 0.345. The number of hydrogen-bond donors (Lipinski definition) is 0. The van der Waals surface area contributed by atoms with E-state index in [1.807, 2.05) is 6.20 Å². The minimum atomic E-state index is -0.145. The van der Waals surface area contributed by atoms with Gasteiger partial charge in [0.15, 0.2) is 4.32 Å². The van der Waals surface area contributed by atoms with Gasteiger partial charge in [-0.2, -0.15) is 5.10 Å². The maximum absolute atomic E-state index is 12.5. The van der Waals surface area contributed by atoms with Crippen molar-refractivity contribution in [3.8, 4) is 0 Å². The second kappa shape index (κ2) is 6.60. The summed E-state index contributed by atoms with van der Waals surface area (Å²) in [6.07, 6.45) is 8.60.